The van der Waals surface area contributed by atoms with E-state index in [0.29, 0.717) is 16.1 Å². The van der Waals surface area contributed by atoms with Crippen LogP contribution in [0.3, 0.4) is 0 Å². The normalized spacial score (nSPS) is 17.5. The lowest BCUT2D eigenvalue weighted by Gasteiger charge is -2.12. The van der Waals surface area contributed by atoms with Crippen LogP contribution in [0.15, 0.2) is 94.9 Å². The smallest absolute Gasteiger partial charge is 0.134 e. The number of aliphatic imine (C=N–C) groups is 2. The first-order valence-corrected chi connectivity index (χ1v) is 15.5. The summed E-state index contributed by atoms with van der Waals surface area (Å²) in [4.78, 5) is 9.55. The predicted molar refractivity (Wildman–Crippen MR) is 178 cm³/mol. The molecule has 4 aromatic rings. The van der Waals surface area contributed by atoms with Gasteiger partial charge in [0.05, 0.1) is 29.3 Å². The summed E-state index contributed by atoms with van der Waals surface area (Å²) in [6.45, 7) is 1.88. The molecule has 0 amide bonds. The van der Waals surface area contributed by atoms with E-state index in [4.69, 9.17) is 33.2 Å². The zero-order chi connectivity index (χ0) is 28.2. The van der Waals surface area contributed by atoms with Crippen molar-refractivity contribution in [1.82, 2.24) is 5.32 Å². The van der Waals surface area contributed by atoms with Gasteiger partial charge >= 0.3 is 0 Å². The minimum Gasteiger partial charge on any atom is -0.353 e. The van der Waals surface area contributed by atoms with Crippen LogP contribution in [0.5, 0.6) is 0 Å². The highest BCUT2D eigenvalue weighted by Gasteiger charge is 2.19. The fraction of sp³-hybridized carbons (Fsp3) is 0.188. The van der Waals surface area contributed by atoms with Crippen LogP contribution in [0.2, 0.25) is 10.0 Å². The molecule has 0 spiro atoms. The SMILES string of the molecule is CSC1=Nc2cc(Cl)ccc2Nc2ccccc21.Clc1ccc2c(c1)NC(=NC[C@@H]1CCCN1)c1ccccc1N2. The molecule has 3 aliphatic heterocycles. The largest absolute Gasteiger partial charge is 0.353 e. The third-order valence-electron chi connectivity index (χ3n) is 7.12. The minimum atomic E-state index is 0.478. The Morgan fingerprint density at radius 2 is 1.46 bits per heavy atom. The monoisotopic (exact) mass is 600 g/mol. The van der Waals surface area contributed by atoms with Crippen LogP contribution in [0.1, 0.15) is 24.0 Å². The van der Waals surface area contributed by atoms with Crippen molar-refractivity contribution in [2.24, 2.45) is 9.98 Å². The molecule has 0 radical (unpaired) electrons. The van der Waals surface area contributed by atoms with E-state index in [1.807, 2.05) is 66.9 Å². The van der Waals surface area contributed by atoms with Crippen LogP contribution in [-0.4, -0.2) is 36.3 Å². The number of amidine groups is 1. The molecule has 0 bridgehead atoms. The molecule has 208 valence electrons. The summed E-state index contributed by atoms with van der Waals surface area (Å²) >= 11 is 13.8. The second kappa shape index (κ2) is 12.6. The highest BCUT2D eigenvalue weighted by Crippen LogP contribution is 2.37. The number of anilines is 5. The predicted octanol–water partition coefficient (Wildman–Crippen LogP) is 8.85. The molecule has 7 rings (SSSR count). The van der Waals surface area contributed by atoms with Gasteiger partial charge in [-0.05, 0) is 80.2 Å². The molecule has 9 heteroatoms. The average Bonchev–Trinajstić information content (AvgIpc) is 3.39. The third kappa shape index (κ3) is 6.39. The van der Waals surface area contributed by atoms with Crippen molar-refractivity contribution in [3.63, 3.8) is 0 Å². The standard InChI is InChI=1S/C18H19ClN4.C14H11ClN2S/c19-12-7-8-16-17(10-12)23-18(21-11-13-4-3-9-20-13)14-5-1-2-6-15(14)22-16;1-18-14-10-4-2-3-5-11(10)16-12-7-6-9(15)8-13(12)17-14/h1-2,5-8,10,13,20,22H,3-4,9,11H2,(H,21,23);2-8,16H,1H3/t13-;/m0./s1. The van der Waals surface area contributed by atoms with Crippen molar-refractivity contribution >= 4 is 80.0 Å². The van der Waals surface area contributed by atoms with Crippen LogP contribution >= 0.6 is 35.0 Å². The first-order valence-electron chi connectivity index (χ1n) is 13.6. The number of fused-ring (bicyclic) bond motifs is 4. The van der Waals surface area contributed by atoms with E-state index < -0.39 is 0 Å². The van der Waals surface area contributed by atoms with Crippen LogP contribution in [0, 0.1) is 0 Å². The summed E-state index contributed by atoms with van der Waals surface area (Å²) < 4.78 is 0. The van der Waals surface area contributed by atoms with Gasteiger partial charge in [-0.3, -0.25) is 4.99 Å². The van der Waals surface area contributed by atoms with Gasteiger partial charge in [0, 0.05) is 38.6 Å². The second-order valence-electron chi connectivity index (χ2n) is 9.92. The van der Waals surface area contributed by atoms with E-state index in [2.05, 4.69) is 45.5 Å². The number of rotatable bonds is 2. The Hall–Kier alpha value is -3.49. The Labute approximate surface area is 254 Å². The lowest BCUT2D eigenvalue weighted by molar-refractivity contribution is 0.618. The van der Waals surface area contributed by atoms with Crippen LogP contribution in [-0.2, 0) is 0 Å². The summed E-state index contributed by atoms with van der Waals surface area (Å²) in [7, 11) is 0. The molecular formula is C32H30Cl2N6S. The summed E-state index contributed by atoms with van der Waals surface area (Å²) in [5.41, 5.74) is 8.15. The molecule has 41 heavy (non-hydrogen) atoms. The fourth-order valence-corrected chi connectivity index (χ4v) is 5.98. The highest BCUT2D eigenvalue weighted by molar-refractivity contribution is 8.13. The van der Waals surface area contributed by atoms with Crippen molar-refractivity contribution in [3.8, 4) is 0 Å². The van der Waals surface area contributed by atoms with Crippen molar-refractivity contribution in [2.45, 2.75) is 18.9 Å². The van der Waals surface area contributed by atoms with E-state index >= 15 is 0 Å². The number of para-hydroxylation sites is 2. The number of halogens is 2. The zero-order valence-corrected chi connectivity index (χ0v) is 24.9. The summed E-state index contributed by atoms with van der Waals surface area (Å²) in [5.74, 6) is 0.891. The van der Waals surface area contributed by atoms with Gasteiger partial charge in [0.25, 0.3) is 0 Å². The Morgan fingerprint density at radius 1 is 0.780 bits per heavy atom. The minimum absolute atomic E-state index is 0.478. The van der Waals surface area contributed by atoms with Crippen molar-refractivity contribution in [3.05, 3.63) is 106 Å². The van der Waals surface area contributed by atoms with Gasteiger partial charge in [-0.15, -0.1) is 11.8 Å². The number of hydrogen-bond acceptors (Lipinski definition) is 6. The first kappa shape index (κ1) is 27.7. The van der Waals surface area contributed by atoms with Crippen molar-refractivity contribution in [2.75, 3.05) is 35.3 Å². The van der Waals surface area contributed by atoms with Gasteiger partial charge in [-0.2, -0.15) is 0 Å². The van der Waals surface area contributed by atoms with Gasteiger partial charge < -0.3 is 21.3 Å². The molecule has 0 unspecified atom stereocenters. The maximum absolute atomic E-state index is 6.15. The molecular weight excluding hydrogens is 571 g/mol. The lowest BCUT2D eigenvalue weighted by Crippen LogP contribution is -2.26. The van der Waals surface area contributed by atoms with Gasteiger partial charge in [0.2, 0.25) is 0 Å². The van der Waals surface area contributed by atoms with Crippen molar-refractivity contribution in [1.29, 1.82) is 0 Å². The second-order valence-corrected chi connectivity index (χ2v) is 11.6. The summed E-state index contributed by atoms with van der Waals surface area (Å²) in [6, 6.07) is 28.4. The highest BCUT2D eigenvalue weighted by atomic mass is 35.5. The Morgan fingerprint density at radius 3 is 2.22 bits per heavy atom. The molecule has 3 heterocycles. The number of nitrogens with zero attached hydrogens (tertiary/aromatic N) is 2. The van der Waals surface area contributed by atoms with E-state index in [-0.39, 0.29) is 0 Å². The number of hydrogen-bond donors (Lipinski definition) is 4. The zero-order valence-electron chi connectivity index (χ0n) is 22.5. The van der Waals surface area contributed by atoms with Crippen molar-refractivity contribution < 1.29 is 0 Å². The van der Waals surface area contributed by atoms with Crippen LogP contribution < -0.4 is 21.3 Å². The molecule has 0 aliphatic carbocycles. The molecule has 4 aromatic carbocycles. The maximum atomic E-state index is 6.15. The van der Waals surface area contributed by atoms with E-state index in [1.54, 1.807) is 11.8 Å². The molecule has 0 aromatic heterocycles. The van der Waals surface area contributed by atoms with Gasteiger partial charge in [-0.25, -0.2) is 4.99 Å². The molecule has 1 saturated heterocycles. The first-order chi connectivity index (χ1) is 20.1. The fourth-order valence-electron chi connectivity index (χ4n) is 5.06. The summed E-state index contributed by atoms with van der Waals surface area (Å²) in [6.07, 6.45) is 4.46. The third-order valence-corrected chi connectivity index (χ3v) is 8.29. The Balaban J connectivity index is 0.000000152. The summed E-state index contributed by atoms with van der Waals surface area (Å²) in [5, 5.41) is 16.2. The number of thioether (sulfide) groups is 1. The lowest BCUT2D eigenvalue weighted by atomic mass is 10.1. The molecule has 1 fully saturated rings. The molecule has 1 atom stereocenters. The number of nitrogens with one attached hydrogen (secondary N) is 4. The van der Waals surface area contributed by atoms with Gasteiger partial charge in [0.15, 0.2) is 0 Å². The van der Waals surface area contributed by atoms with E-state index in [0.717, 1.165) is 69.2 Å². The van der Waals surface area contributed by atoms with E-state index in [9.17, 15) is 0 Å². The molecule has 4 N–H and O–H groups in total. The molecule has 6 nitrogen and oxygen atoms in total. The van der Waals surface area contributed by atoms with Crippen LogP contribution in [0.4, 0.5) is 34.1 Å². The van der Waals surface area contributed by atoms with Gasteiger partial charge in [0.1, 0.15) is 10.9 Å². The Kier molecular flexibility index (Phi) is 8.49. The maximum Gasteiger partial charge on any atom is 0.134 e. The molecule has 3 aliphatic rings. The van der Waals surface area contributed by atoms with E-state index in [1.165, 1.54) is 12.8 Å². The quantitative estimate of drug-likeness (QED) is 0.185. The Bertz CT molecular complexity index is 1630. The van der Waals surface area contributed by atoms with Gasteiger partial charge in [-0.1, -0.05) is 53.5 Å². The molecule has 0 saturated carbocycles. The number of benzene rings is 4. The topological polar surface area (TPSA) is 72.8 Å². The average molecular weight is 602 g/mol. The van der Waals surface area contributed by atoms with Crippen LogP contribution in [0.25, 0.3) is 0 Å².